The standard InChI is InChI=1S/C35H45NO7/c1-34(2,3)43-33(37)36(4)30-31(40-22-28-18-12-7-13-19-28)29(23-38-20-26-14-8-5-9-15-26)35(25-41-32(30)42-35)24-39-21-27-16-10-6-11-17-27/h6-8,10-19,29-32H,5,9,20-25H2,1-4H3/t29-,30-,31+,32+,35+/m1/s1. The number of ether oxygens (including phenoxy) is 6. The van der Waals surface area contributed by atoms with Crippen LogP contribution in [0.4, 0.5) is 4.79 Å². The highest BCUT2D eigenvalue weighted by Crippen LogP contribution is 2.45. The van der Waals surface area contributed by atoms with Gasteiger partial charge in [0.15, 0.2) is 6.29 Å². The number of fused-ring (bicyclic) bond motifs is 2. The van der Waals surface area contributed by atoms with Gasteiger partial charge in [-0.1, -0.05) is 78.9 Å². The van der Waals surface area contributed by atoms with E-state index in [1.54, 1.807) is 11.9 Å². The number of rotatable bonds is 12. The fraction of sp³-hybridized carbons (Fsp3) is 0.514. The minimum atomic E-state index is -0.817. The van der Waals surface area contributed by atoms with Crippen molar-refractivity contribution in [2.24, 2.45) is 5.92 Å². The number of amides is 1. The molecular formula is C35H45NO7. The van der Waals surface area contributed by atoms with Gasteiger partial charge in [0.2, 0.25) is 0 Å². The molecule has 3 aliphatic rings. The second kappa shape index (κ2) is 14.2. The lowest BCUT2D eigenvalue weighted by Gasteiger charge is -2.49. The Morgan fingerprint density at radius 3 is 2.30 bits per heavy atom. The number of nitrogens with zero attached hydrogens (tertiary/aromatic N) is 1. The van der Waals surface area contributed by atoms with Crippen molar-refractivity contribution in [3.8, 4) is 0 Å². The van der Waals surface area contributed by atoms with E-state index in [0.717, 1.165) is 29.5 Å². The minimum Gasteiger partial charge on any atom is -0.444 e. The number of hydrogen-bond acceptors (Lipinski definition) is 7. The average Bonchev–Trinajstić information content (AvgIpc) is 3.37. The van der Waals surface area contributed by atoms with E-state index in [2.05, 4.69) is 18.2 Å². The Morgan fingerprint density at radius 1 is 0.953 bits per heavy atom. The van der Waals surface area contributed by atoms with Crippen molar-refractivity contribution in [2.45, 2.75) is 76.5 Å². The van der Waals surface area contributed by atoms with Gasteiger partial charge in [0.05, 0.1) is 45.7 Å². The third-order valence-corrected chi connectivity index (χ3v) is 8.04. The van der Waals surface area contributed by atoms with Gasteiger partial charge >= 0.3 is 6.09 Å². The molecule has 0 aromatic heterocycles. The molecule has 2 aromatic carbocycles. The summed E-state index contributed by atoms with van der Waals surface area (Å²) in [6, 6.07) is 19.5. The van der Waals surface area contributed by atoms with E-state index in [-0.39, 0.29) is 5.92 Å². The second-order valence-electron chi connectivity index (χ2n) is 12.6. The first-order valence-corrected chi connectivity index (χ1v) is 15.2. The van der Waals surface area contributed by atoms with Crippen LogP contribution in [0, 0.1) is 5.92 Å². The Hall–Kier alpha value is -3.01. The summed E-state index contributed by atoms with van der Waals surface area (Å²) in [5.74, 6) is -0.297. The van der Waals surface area contributed by atoms with Gasteiger partial charge in [-0.2, -0.15) is 0 Å². The molecule has 2 saturated heterocycles. The number of hydrogen-bond donors (Lipinski definition) is 0. The number of allylic oxidation sites excluding steroid dienone is 2. The van der Waals surface area contributed by atoms with Crippen LogP contribution in [0.15, 0.2) is 84.5 Å². The third-order valence-electron chi connectivity index (χ3n) is 8.04. The molecule has 0 unspecified atom stereocenters. The lowest BCUT2D eigenvalue weighted by molar-refractivity contribution is -0.252. The van der Waals surface area contributed by atoms with E-state index in [1.807, 2.05) is 81.4 Å². The molecule has 43 heavy (non-hydrogen) atoms. The van der Waals surface area contributed by atoms with E-state index in [9.17, 15) is 4.79 Å². The van der Waals surface area contributed by atoms with Gasteiger partial charge in [-0.3, -0.25) is 0 Å². The smallest absolute Gasteiger partial charge is 0.410 e. The molecule has 0 spiro atoms. The maximum atomic E-state index is 13.4. The van der Waals surface area contributed by atoms with Gasteiger partial charge in [0.25, 0.3) is 0 Å². The van der Waals surface area contributed by atoms with Crippen LogP contribution in [0.5, 0.6) is 0 Å². The SMILES string of the molecule is CN(C(=O)OC(C)(C)C)[C@H]1[C@H]2OC[C@](COCc3ccccc3)(O2)[C@H](COCC2=CCCC=C2)[C@@H]1OCc1ccccc1. The zero-order chi connectivity index (χ0) is 30.3. The Kier molecular flexibility index (Phi) is 10.4. The molecular weight excluding hydrogens is 546 g/mol. The summed E-state index contributed by atoms with van der Waals surface area (Å²) in [4.78, 5) is 14.9. The number of likely N-dealkylation sites (N-methyl/N-ethyl adjacent to an activating group) is 1. The summed E-state index contributed by atoms with van der Waals surface area (Å²) >= 11 is 0. The zero-order valence-corrected chi connectivity index (χ0v) is 25.8. The van der Waals surface area contributed by atoms with Gasteiger partial charge in [-0.15, -0.1) is 0 Å². The summed E-state index contributed by atoms with van der Waals surface area (Å²) in [6.45, 7) is 7.78. The molecule has 0 radical (unpaired) electrons. The van der Waals surface area contributed by atoms with Crippen molar-refractivity contribution in [1.82, 2.24) is 4.90 Å². The molecule has 2 heterocycles. The summed E-state index contributed by atoms with van der Waals surface area (Å²) in [5, 5.41) is 0. The van der Waals surface area contributed by atoms with Crippen LogP contribution < -0.4 is 0 Å². The van der Waals surface area contributed by atoms with Crippen LogP contribution in [-0.2, 0) is 41.6 Å². The summed E-state index contributed by atoms with van der Waals surface area (Å²) in [5.41, 5.74) is 1.79. The van der Waals surface area contributed by atoms with Crippen LogP contribution >= 0.6 is 0 Å². The second-order valence-corrected chi connectivity index (χ2v) is 12.6. The predicted molar refractivity (Wildman–Crippen MR) is 163 cm³/mol. The van der Waals surface area contributed by atoms with Gasteiger partial charge in [0, 0.05) is 13.0 Å². The van der Waals surface area contributed by atoms with Crippen molar-refractivity contribution in [3.63, 3.8) is 0 Å². The molecule has 2 fully saturated rings. The van der Waals surface area contributed by atoms with Crippen molar-refractivity contribution < 1.29 is 33.2 Å². The number of carbonyl (C=O) groups excluding carboxylic acids is 1. The predicted octanol–water partition coefficient (Wildman–Crippen LogP) is 6.06. The first kappa shape index (κ1) is 31.4. The summed E-state index contributed by atoms with van der Waals surface area (Å²) < 4.78 is 38.1. The van der Waals surface area contributed by atoms with Crippen LogP contribution in [0.2, 0.25) is 0 Å². The first-order valence-electron chi connectivity index (χ1n) is 15.2. The van der Waals surface area contributed by atoms with Crippen molar-refractivity contribution in [1.29, 1.82) is 0 Å². The van der Waals surface area contributed by atoms with Gasteiger partial charge in [-0.25, -0.2) is 4.79 Å². The highest BCUT2D eigenvalue weighted by molar-refractivity contribution is 5.68. The van der Waals surface area contributed by atoms with Gasteiger partial charge < -0.3 is 33.3 Å². The topological polar surface area (TPSA) is 75.7 Å². The van der Waals surface area contributed by atoms with E-state index in [4.69, 9.17) is 28.4 Å². The fourth-order valence-electron chi connectivity index (χ4n) is 5.84. The lowest BCUT2D eigenvalue weighted by Crippen LogP contribution is -2.65. The molecule has 2 aromatic rings. The molecule has 8 heteroatoms. The molecule has 232 valence electrons. The van der Waals surface area contributed by atoms with E-state index in [1.165, 1.54) is 0 Å². The third kappa shape index (κ3) is 8.13. The van der Waals surface area contributed by atoms with E-state index in [0.29, 0.717) is 39.6 Å². The van der Waals surface area contributed by atoms with Crippen LogP contribution in [0.1, 0.15) is 44.7 Å². The van der Waals surface area contributed by atoms with Crippen molar-refractivity contribution in [2.75, 3.05) is 33.5 Å². The van der Waals surface area contributed by atoms with Crippen LogP contribution in [-0.4, -0.2) is 74.1 Å². The quantitative estimate of drug-likeness (QED) is 0.297. The Labute approximate surface area is 255 Å². The van der Waals surface area contributed by atoms with Crippen molar-refractivity contribution in [3.05, 3.63) is 95.6 Å². The molecule has 1 aliphatic carbocycles. The minimum absolute atomic E-state index is 0.295. The lowest BCUT2D eigenvalue weighted by atomic mass is 9.79. The summed E-state index contributed by atoms with van der Waals surface area (Å²) in [6.07, 6.45) is 6.93. The van der Waals surface area contributed by atoms with Gasteiger partial charge in [0.1, 0.15) is 17.2 Å². The Balaban J connectivity index is 1.42. The fourth-order valence-corrected chi connectivity index (χ4v) is 5.84. The highest BCUT2D eigenvalue weighted by Gasteiger charge is 2.62. The normalized spacial score (nSPS) is 26.7. The van der Waals surface area contributed by atoms with Gasteiger partial charge in [-0.05, 0) is 50.3 Å². The molecule has 8 nitrogen and oxygen atoms in total. The maximum Gasteiger partial charge on any atom is 0.410 e. The molecule has 1 amide bonds. The molecule has 0 saturated carbocycles. The Bertz CT molecular complexity index is 1240. The molecule has 5 rings (SSSR count). The average molecular weight is 592 g/mol. The number of carbonyl (C=O) groups is 1. The monoisotopic (exact) mass is 591 g/mol. The molecule has 5 atom stereocenters. The van der Waals surface area contributed by atoms with E-state index >= 15 is 0 Å². The number of benzene rings is 2. The Morgan fingerprint density at radius 2 is 1.65 bits per heavy atom. The van der Waals surface area contributed by atoms with Crippen LogP contribution in [0.3, 0.4) is 0 Å². The zero-order valence-electron chi connectivity index (χ0n) is 25.8. The molecule has 2 aliphatic heterocycles. The van der Waals surface area contributed by atoms with E-state index < -0.39 is 35.7 Å². The van der Waals surface area contributed by atoms with Crippen molar-refractivity contribution >= 4 is 6.09 Å². The first-order chi connectivity index (χ1) is 20.7. The van der Waals surface area contributed by atoms with Crippen LogP contribution in [0.25, 0.3) is 0 Å². The highest BCUT2D eigenvalue weighted by atomic mass is 16.7. The molecule has 0 N–H and O–H groups in total. The largest absolute Gasteiger partial charge is 0.444 e. The maximum absolute atomic E-state index is 13.4. The summed E-state index contributed by atoms with van der Waals surface area (Å²) in [7, 11) is 1.72. The molecule has 2 bridgehead atoms.